The number of hydrogen-bond acceptors (Lipinski definition) is 4. The molecule has 0 radical (unpaired) electrons. The molecular weight excluding hydrogens is 296 g/mol. The maximum absolute atomic E-state index is 11.8. The zero-order chi connectivity index (χ0) is 16.7. The zero-order valence-corrected chi connectivity index (χ0v) is 13.4. The Bertz CT molecular complexity index is 622. The molecule has 0 bridgehead atoms. The van der Waals surface area contributed by atoms with Gasteiger partial charge < -0.3 is 24.5 Å². The quantitative estimate of drug-likeness (QED) is 0.776. The lowest BCUT2D eigenvalue weighted by molar-refractivity contribution is -0.123. The topological polar surface area (TPSA) is 72.7 Å². The summed E-state index contributed by atoms with van der Waals surface area (Å²) in [5.41, 5.74) is 0.748. The molecular formula is C17H22N2O4. The molecule has 2 rings (SSSR count). The molecule has 1 amide bonds. The van der Waals surface area contributed by atoms with Gasteiger partial charge in [0.2, 0.25) is 0 Å². The molecule has 1 heterocycles. The second-order valence-electron chi connectivity index (χ2n) is 5.06. The summed E-state index contributed by atoms with van der Waals surface area (Å²) in [4.78, 5) is 11.8. The highest BCUT2D eigenvalue weighted by Gasteiger charge is 2.12. The number of nitrogens with zero attached hydrogens (tertiary/aromatic N) is 1. The number of carbonyl (C=O) groups is 1. The minimum atomic E-state index is -0.746. The van der Waals surface area contributed by atoms with Crippen molar-refractivity contribution in [3.05, 3.63) is 48.3 Å². The van der Waals surface area contributed by atoms with Crippen molar-refractivity contribution in [1.29, 1.82) is 0 Å². The highest BCUT2D eigenvalue weighted by molar-refractivity contribution is 5.77. The van der Waals surface area contributed by atoms with Crippen LogP contribution in [0.4, 0.5) is 0 Å². The van der Waals surface area contributed by atoms with E-state index in [2.05, 4.69) is 5.32 Å². The molecule has 23 heavy (non-hydrogen) atoms. The van der Waals surface area contributed by atoms with E-state index in [0.717, 1.165) is 11.4 Å². The highest BCUT2D eigenvalue weighted by atomic mass is 16.5. The van der Waals surface area contributed by atoms with Gasteiger partial charge in [-0.1, -0.05) is 0 Å². The Balaban J connectivity index is 1.73. The Kier molecular flexibility index (Phi) is 6.05. The van der Waals surface area contributed by atoms with E-state index in [9.17, 15) is 9.90 Å². The summed E-state index contributed by atoms with van der Waals surface area (Å²) in [6.07, 6.45) is 1.10. The van der Waals surface area contributed by atoms with E-state index in [1.807, 2.05) is 36.9 Å². The molecule has 1 unspecified atom stereocenters. The largest absolute Gasteiger partial charge is 0.494 e. The molecule has 6 heteroatoms. The monoisotopic (exact) mass is 318 g/mol. The maximum atomic E-state index is 11.8. The SMILES string of the molecule is CCOc1ccc(OCC(=O)NCC(O)c2cccn2C)cc1. The minimum Gasteiger partial charge on any atom is -0.494 e. The van der Waals surface area contributed by atoms with Crippen molar-refractivity contribution in [3.8, 4) is 11.5 Å². The molecule has 0 spiro atoms. The van der Waals surface area contributed by atoms with Gasteiger partial charge in [-0.25, -0.2) is 0 Å². The molecule has 2 N–H and O–H groups in total. The summed E-state index contributed by atoms with van der Waals surface area (Å²) in [6, 6.07) is 10.7. The van der Waals surface area contributed by atoms with Crippen LogP contribution in [-0.4, -0.2) is 35.3 Å². The number of aliphatic hydroxyl groups is 1. The predicted octanol–water partition coefficient (Wildman–Crippen LogP) is 1.65. The Morgan fingerprint density at radius 2 is 1.87 bits per heavy atom. The van der Waals surface area contributed by atoms with Crippen molar-refractivity contribution >= 4 is 5.91 Å². The average Bonchev–Trinajstić information content (AvgIpc) is 2.98. The number of rotatable bonds is 8. The smallest absolute Gasteiger partial charge is 0.258 e. The highest BCUT2D eigenvalue weighted by Crippen LogP contribution is 2.17. The number of benzene rings is 1. The lowest BCUT2D eigenvalue weighted by Crippen LogP contribution is -2.32. The van der Waals surface area contributed by atoms with Crippen LogP contribution in [0.15, 0.2) is 42.6 Å². The van der Waals surface area contributed by atoms with Gasteiger partial charge in [0.15, 0.2) is 6.61 Å². The molecule has 0 aliphatic rings. The molecule has 0 aliphatic heterocycles. The zero-order valence-electron chi connectivity index (χ0n) is 13.4. The molecule has 1 atom stereocenters. The summed E-state index contributed by atoms with van der Waals surface area (Å²) >= 11 is 0. The van der Waals surface area contributed by atoms with E-state index >= 15 is 0 Å². The van der Waals surface area contributed by atoms with Gasteiger partial charge in [-0.15, -0.1) is 0 Å². The van der Waals surface area contributed by atoms with E-state index in [0.29, 0.717) is 12.4 Å². The van der Waals surface area contributed by atoms with Gasteiger partial charge in [0.05, 0.1) is 6.61 Å². The molecule has 2 aromatic rings. The predicted molar refractivity (Wildman–Crippen MR) is 86.5 cm³/mol. The number of nitrogens with one attached hydrogen (secondary N) is 1. The Hall–Kier alpha value is -2.47. The summed E-state index contributed by atoms with van der Waals surface area (Å²) in [5.74, 6) is 1.06. The van der Waals surface area contributed by atoms with Gasteiger partial charge in [-0.3, -0.25) is 4.79 Å². The van der Waals surface area contributed by atoms with E-state index < -0.39 is 6.10 Å². The van der Waals surface area contributed by atoms with Crippen LogP contribution in [0.1, 0.15) is 18.7 Å². The lowest BCUT2D eigenvalue weighted by atomic mass is 10.2. The number of carbonyl (C=O) groups excluding carboxylic acids is 1. The van der Waals surface area contributed by atoms with Crippen LogP contribution in [0.2, 0.25) is 0 Å². The van der Waals surface area contributed by atoms with Gasteiger partial charge >= 0.3 is 0 Å². The first kappa shape index (κ1) is 16.9. The first-order valence-corrected chi connectivity index (χ1v) is 7.51. The van der Waals surface area contributed by atoms with E-state index in [4.69, 9.17) is 9.47 Å². The second-order valence-corrected chi connectivity index (χ2v) is 5.06. The van der Waals surface area contributed by atoms with Crippen LogP contribution in [0.3, 0.4) is 0 Å². The molecule has 0 fully saturated rings. The third-order valence-corrected chi connectivity index (χ3v) is 3.32. The molecule has 124 valence electrons. The van der Waals surface area contributed by atoms with Gasteiger partial charge in [-0.05, 0) is 43.3 Å². The number of aromatic nitrogens is 1. The summed E-state index contributed by atoms with van der Waals surface area (Å²) in [7, 11) is 1.84. The standard InChI is InChI=1S/C17H22N2O4/c1-3-22-13-6-8-14(9-7-13)23-12-17(21)18-11-16(20)15-5-4-10-19(15)2/h4-10,16,20H,3,11-12H2,1-2H3,(H,18,21). The van der Waals surface area contributed by atoms with Crippen LogP contribution in [0, 0.1) is 0 Å². The third-order valence-electron chi connectivity index (χ3n) is 3.32. The maximum Gasteiger partial charge on any atom is 0.258 e. The van der Waals surface area contributed by atoms with Crippen LogP contribution < -0.4 is 14.8 Å². The lowest BCUT2D eigenvalue weighted by Gasteiger charge is -2.13. The summed E-state index contributed by atoms with van der Waals surface area (Å²) in [5, 5.41) is 12.7. The second kappa shape index (κ2) is 8.24. The van der Waals surface area contributed by atoms with Gasteiger partial charge in [0.1, 0.15) is 17.6 Å². The fourth-order valence-corrected chi connectivity index (χ4v) is 2.13. The van der Waals surface area contributed by atoms with Crippen LogP contribution in [0.25, 0.3) is 0 Å². The summed E-state index contributed by atoms with van der Waals surface area (Å²) in [6.45, 7) is 2.56. The number of aliphatic hydroxyl groups excluding tert-OH is 1. The van der Waals surface area contributed by atoms with E-state index in [-0.39, 0.29) is 19.1 Å². The van der Waals surface area contributed by atoms with Crippen LogP contribution in [-0.2, 0) is 11.8 Å². The van der Waals surface area contributed by atoms with E-state index in [1.54, 1.807) is 24.3 Å². The number of amides is 1. The van der Waals surface area contributed by atoms with Crippen LogP contribution >= 0.6 is 0 Å². The first-order valence-electron chi connectivity index (χ1n) is 7.51. The normalized spacial score (nSPS) is 11.8. The minimum absolute atomic E-state index is 0.103. The van der Waals surface area contributed by atoms with Crippen molar-refractivity contribution < 1.29 is 19.4 Å². The number of ether oxygens (including phenoxy) is 2. The summed E-state index contributed by atoms with van der Waals surface area (Å²) < 4.78 is 12.5. The van der Waals surface area contributed by atoms with E-state index in [1.165, 1.54) is 0 Å². The van der Waals surface area contributed by atoms with Crippen molar-refractivity contribution in [2.24, 2.45) is 7.05 Å². The van der Waals surface area contributed by atoms with Crippen molar-refractivity contribution in [2.45, 2.75) is 13.0 Å². The van der Waals surface area contributed by atoms with Crippen molar-refractivity contribution in [1.82, 2.24) is 9.88 Å². The third kappa shape index (κ3) is 5.03. The van der Waals surface area contributed by atoms with Gasteiger partial charge in [-0.2, -0.15) is 0 Å². The first-order chi connectivity index (χ1) is 11.1. The van der Waals surface area contributed by atoms with Crippen molar-refractivity contribution in [3.63, 3.8) is 0 Å². The van der Waals surface area contributed by atoms with Gasteiger partial charge in [0, 0.05) is 25.5 Å². The Morgan fingerprint density at radius 3 is 2.43 bits per heavy atom. The Morgan fingerprint density at radius 1 is 1.22 bits per heavy atom. The Labute approximate surface area is 135 Å². The molecule has 1 aromatic heterocycles. The molecule has 0 saturated heterocycles. The molecule has 6 nitrogen and oxygen atoms in total. The fourth-order valence-electron chi connectivity index (χ4n) is 2.13. The van der Waals surface area contributed by atoms with Gasteiger partial charge in [0.25, 0.3) is 5.91 Å². The number of hydrogen-bond donors (Lipinski definition) is 2. The number of aryl methyl sites for hydroxylation is 1. The fraction of sp³-hybridized carbons (Fsp3) is 0.353. The molecule has 1 aromatic carbocycles. The molecule has 0 aliphatic carbocycles. The van der Waals surface area contributed by atoms with Crippen molar-refractivity contribution in [2.75, 3.05) is 19.8 Å². The molecule has 0 saturated carbocycles. The average molecular weight is 318 g/mol. The van der Waals surface area contributed by atoms with Crippen LogP contribution in [0.5, 0.6) is 11.5 Å².